The smallest absolute Gasteiger partial charge is 0.0892 e. The third kappa shape index (κ3) is 12.3. The van der Waals surface area contributed by atoms with E-state index in [9.17, 15) is 0 Å². The van der Waals surface area contributed by atoms with Crippen LogP contribution in [0.2, 0.25) is 0 Å². The van der Waals surface area contributed by atoms with Crippen LogP contribution in [-0.2, 0) is 0 Å². The molecule has 0 rings (SSSR count). The molecule has 4 nitrogen and oxygen atoms in total. The lowest BCUT2D eigenvalue weighted by molar-refractivity contribution is 0.609. The second-order valence-corrected chi connectivity index (χ2v) is 2.26. The molecule has 0 amide bonds. The molecule has 0 aliphatic carbocycles. The number of halogens is 1. The first-order chi connectivity index (χ1) is 5.27. The van der Waals surface area contributed by atoms with Gasteiger partial charge in [-0.25, -0.2) is 9.98 Å². The minimum Gasteiger partial charge on any atom is -0.316 e. The van der Waals surface area contributed by atoms with E-state index >= 15 is 0 Å². The summed E-state index contributed by atoms with van der Waals surface area (Å²) in [4.78, 5) is 7.71. The largest absolute Gasteiger partial charge is 0.316 e. The van der Waals surface area contributed by atoms with Crippen LogP contribution < -0.4 is 11.5 Å². The Hall–Kier alpha value is -0.410. The van der Waals surface area contributed by atoms with Gasteiger partial charge < -0.3 is 11.5 Å². The minimum absolute atomic E-state index is 0. The molecule has 0 saturated carbocycles. The normalized spacial score (nSPS) is 8.67. The lowest BCUT2D eigenvalue weighted by Gasteiger charge is -2.00. The summed E-state index contributed by atoms with van der Waals surface area (Å²) >= 11 is 0. The van der Waals surface area contributed by atoms with Gasteiger partial charge in [0.25, 0.3) is 0 Å². The van der Waals surface area contributed by atoms with Gasteiger partial charge in [-0.2, -0.15) is 0 Å². The van der Waals surface area contributed by atoms with Crippen LogP contribution in [0, 0.1) is 0 Å². The molecular weight excluding hydrogens is 176 g/mol. The topological polar surface area (TPSA) is 76.8 Å². The molecule has 0 saturated heterocycles. The van der Waals surface area contributed by atoms with Gasteiger partial charge in [0.05, 0.1) is 18.7 Å². The average molecular weight is 193 g/mol. The molecule has 0 spiro atoms. The van der Waals surface area contributed by atoms with Crippen molar-refractivity contribution in [3.05, 3.63) is 0 Å². The Kier molecular flexibility index (Phi) is 12.5. The second-order valence-electron chi connectivity index (χ2n) is 2.26. The highest BCUT2D eigenvalue weighted by Gasteiger charge is 1.90. The zero-order valence-corrected chi connectivity index (χ0v) is 8.18. The number of nitrogens with zero attached hydrogens (tertiary/aromatic N) is 2. The Bertz CT molecular complexity index is 140. The van der Waals surface area contributed by atoms with Crippen molar-refractivity contribution in [1.29, 1.82) is 0 Å². The fourth-order valence-corrected chi connectivity index (χ4v) is 0.577. The molecule has 5 heteroatoms. The van der Waals surface area contributed by atoms with Crippen molar-refractivity contribution in [1.82, 2.24) is 0 Å². The van der Waals surface area contributed by atoms with Crippen molar-refractivity contribution in [3.8, 4) is 0 Å². The molecule has 0 aliphatic rings. The fourth-order valence-electron chi connectivity index (χ4n) is 0.577. The van der Waals surface area contributed by atoms with Crippen LogP contribution in [-0.4, -0.2) is 25.3 Å². The van der Waals surface area contributed by atoms with E-state index in [1.807, 2.05) is 6.92 Å². The number of rotatable bonds is 5. The number of aliphatic imine (C=N–C) groups is 2. The minimum atomic E-state index is -0.215. The van der Waals surface area contributed by atoms with Crippen molar-refractivity contribution in [2.45, 2.75) is 25.9 Å². The van der Waals surface area contributed by atoms with Gasteiger partial charge in [0.15, 0.2) is 0 Å². The van der Waals surface area contributed by atoms with Gasteiger partial charge in [-0.3, -0.25) is 0 Å². The second kappa shape index (κ2) is 10.6. The molecule has 0 atom stereocenters. The van der Waals surface area contributed by atoms with Crippen LogP contribution in [0.15, 0.2) is 9.98 Å². The lowest BCUT2D eigenvalue weighted by atomic mass is 10.3. The van der Waals surface area contributed by atoms with Gasteiger partial charge in [0, 0.05) is 6.54 Å². The van der Waals surface area contributed by atoms with Crippen molar-refractivity contribution in [2.24, 2.45) is 21.5 Å². The molecule has 72 valence electrons. The SMILES string of the molecule is CCN=C=NCCCC(N)N.Cl. The molecule has 0 unspecified atom stereocenters. The van der Waals surface area contributed by atoms with E-state index in [2.05, 4.69) is 16.0 Å². The zero-order valence-electron chi connectivity index (χ0n) is 7.36. The number of nitrogens with two attached hydrogens (primary N) is 2. The van der Waals surface area contributed by atoms with Crippen LogP contribution in [0.4, 0.5) is 0 Å². The zero-order chi connectivity index (χ0) is 8.53. The van der Waals surface area contributed by atoms with Crippen molar-refractivity contribution >= 4 is 18.4 Å². The summed E-state index contributed by atoms with van der Waals surface area (Å²) in [5.74, 6) is 0. The average Bonchev–Trinajstić information content (AvgIpc) is 1.96. The van der Waals surface area contributed by atoms with Crippen LogP contribution in [0.1, 0.15) is 19.8 Å². The summed E-state index contributed by atoms with van der Waals surface area (Å²) in [7, 11) is 0. The highest BCUT2D eigenvalue weighted by atomic mass is 35.5. The van der Waals surface area contributed by atoms with Gasteiger partial charge >= 0.3 is 0 Å². The lowest BCUT2D eigenvalue weighted by Crippen LogP contribution is -2.30. The summed E-state index contributed by atoms with van der Waals surface area (Å²) in [6.45, 7) is 3.40. The fraction of sp³-hybridized carbons (Fsp3) is 0.857. The molecule has 0 aromatic carbocycles. The third-order valence-electron chi connectivity index (χ3n) is 1.11. The van der Waals surface area contributed by atoms with Crippen LogP contribution in [0.3, 0.4) is 0 Å². The first kappa shape index (κ1) is 14.1. The Morgan fingerprint density at radius 1 is 1.33 bits per heavy atom. The van der Waals surface area contributed by atoms with E-state index < -0.39 is 0 Å². The summed E-state index contributed by atoms with van der Waals surface area (Å²) in [5, 5.41) is 0. The molecule has 0 radical (unpaired) electrons. The van der Waals surface area contributed by atoms with Crippen molar-refractivity contribution in [2.75, 3.05) is 13.1 Å². The van der Waals surface area contributed by atoms with Gasteiger partial charge in [-0.15, -0.1) is 12.4 Å². The standard InChI is InChI=1S/C7H16N4.ClH/c1-2-10-6-11-5-3-4-7(8)9;/h7H,2-5,8-9H2,1H3;1H. The molecule has 0 aliphatic heterocycles. The van der Waals surface area contributed by atoms with Crippen molar-refractivity contribution < 1.29 is 0 Å². The predicted octanol–water partition coefficient (Wildman–Crippen LogP) is 0.626. The third-order valence-corrected chi connectivity index (χ3v) is 1.11. The Morgan fingerprint density at radius 2 is 2.00 bits per heavy atom. The molecule has 0 aromatic rings. The van der Waals surface area contributed by atoms with E-state index in [0.29, 0.717) is 6.54 Å². The summed E-state index contributed by atoms with van der Waals surface area (Å²) in [6, 6.07) is 2.58. The maximum atomic E-state index is 5.33. The molecule has 12 heavy (non-hydrogen) atoms. The van der Waals surface area contributed by atoms with E-state index in [1.54, 1.807) is 0 Å². The maximum Gasteiger partial charge on any atom is 0.0892 e. The monoisotopic (exact) mass is 192 g/mol. The molecule has 0 fully saturated rings. The van der Waals surface area contributed by atoms with Crippen LogP contribution >= 0.6 is 12.4 Å². The number of hydrogen-bond acceptors (Lipinski definition) is 4. The first-order valence-corrected chi connectivity index (χ1v) is 3.86. The predicted molar refractivity (Wildman–Crippen MR) is 53.9 cm³/mol. The molecule has 0 bridgehead atoms. The van der Waals surface area contributed by atoms with E-state index in [-0.39, 0.29) is 18.6 Å². The first-order valence-electron chi connectivity index (χ1n) is 3.86. The van der Waals surface area contributed by atoms with E-state index in [1.165, 1.54) is 0 Å². The molecule has 4 N–H and O–H groups in total. The Balaban J connectivity index is 0. The molecule has 0 heterocycles. The maximum absolute atomic E-state index is 5.33. The van der Waals surface area contributed by atoms with Crippen molar-refractivity contribution in [3.63, 3.8) is 0 Å². The highest BCUT2D eigenvalue weighted by molar-refractivity contribution is 5.85. The molecular formula is C7H17ClN4. The van der Waals surface area contributed by atoms with Gasteiger partial charge in [0.1, 0.15) is 0 Å². The summed E-state index contributed by atoms with van der Waals surface area (Å²) < 4.78 is 0. The van der Waals surface area contributed by atoms with Gasteiger partial charge in [-0.05, 0) is 19.8 Å². The number of hydrogen-bond donors (Lipinski definition) is 2. The summed E-state index contributed by atoms with van der Waals surface area (Å²) in [5.41, 5.74) is 10.7. The summed E-state index contributed by atoms with van der Waals surface area (Å²) in [6.07, 6.45) is 1.50. The van der Waals surface area contributed by atoms with E-state index in [0.717, 1.165) is 19.4 Å². The van der Waals surface area contributed by atoms with Crippen LogP contribution in [0.25, 0.3) is 0 Å². The van der Waals surface area contributed by atoms with Gasteiger partial charge in [0.2, 0.25) is 0 Å². The Morgan fingerprint density at radius 3 is 2.50 bits per heavy atom. The quantitative estimate of drug-likeness (QED) is 0.381. The molecule has 0 aromatic heterocycles. The van der Waals surface area contributed by atoms with E-state index in [4.69, 9.17) is 11.5 Å². The van der Waals surface area contributed by atoms with Gasteiger partial charge in [-0.1, -0.05) is 0 Å². The highest BCUT2D eigenvalue weighted by Crippen LogP contribution is 1.88. The van der Waals surface area contributed by atoms with Crippen LogP contribution in [0.5, 0.6) is 0 Å². The Labute approximate surface area is 79.6 Å².